The van der Waals surface area contributed by atoms with E-state index in [0.29, 0.717) is 0 Å². The molecule has 3 atom stereocenters. The predicted octanol–water partition coefficient (Wildman–Crippen LogP) is 11.5. The van der Waals surface area contributed by atoms with E-state index < -0.39 is 7.10 Å². The molecule has 2 unspecified atom stereocenters. The highest BCUT2D eigenvalue weighted by Gasteiger charge is 2.27. The standard InChI is InChI=1S/C36H30NOPS/c1-25(27-13-5-3-6-14-27)37(26(2)28-15-7-4-8-16-28)39-38-33-23-21-29-17-9-11-19-31(29)35(33)36-32-20-12-10-18-30(32)22-24-34(36)40-39/h3-26H,1-2H3/t25-,26?,39?/m0/s1. The van der Waals surface area contributed by atoms with Crippen molar-refractivity contribution in [3.63, 3.8) is 0 Å². The molecule has 0 saturated heterocycles. The van der Waals surface area contributed by atoms with Gasteiger partial charge in [-0.15, -0.1) is 0 Å². The Labute approximate surface area is 239 Å². The van der Waals surface area contributed by atoms with Crippen LogP contribution in [-0.2, 0) is 0 Å². The summed E-state index contributed by atoms with van der Waals surface area (Å²) in [6.45, 7) is 4.63. The van der Waals surface area contributed by atoms with Crippen molar-refractivity contribution in [2.24, 2.45) is 0 Å². The first-order valence-electron chi connectivity index (χ1n) is 13.8. The van der Waals surface area contributed by atoms with Crippen molar-refractivity contribution in [3.05, 3.63) is 145 Å². The van der Waals surface area contributed by atoms with Crippen LogP contribution in [0.4, 0.5) is 0 Å². The van der Waals surface area contributed by atoms with Crippen molar-refractivity contribution >= 4 is 60.6 Å². The van der Waals surface area contributed by atoms with E-state index in [4.69, 9.17) is 4.20 Å². The summed E-state index contributed by atoms with van der Waals surface area (Å²) in [7, 11) is 0.759. The first kappa shape index (κ1) is 25.1. The molecule has 0 bridgehead atoms. The summed E-state index contributed by atoms with van der Waals surface area (Å²) in [4.78, 5) is 0. The average molecular weight is 556 g/mol. The Balaban J connectivity index is 1.60. The van der Waals surface area contributed by atoms with Crippen molar-refractivity contribution < 1.29 is 4.20 Å². The van der Waals surface area contributed by atoms with Gasteiger partial charge < -0.3 is 4.20 Å². The van der Waals surface area contributed by atoms with Gasteiger partial charge in [-0.25, -0.2) is 4.67 Å². The highest BCUT2D eigenvalue weighted by molar-refractivity contribution is 7.90. The van der Waals surface area contributed by atoms with Crippen molar-refractivity contribution in [1.82, 2.24) is 0 Å². The van der Waals surface area contributed by atoms with Crippen LogP contribution in [0.1, 0.15) is 37.1 Å². The zero-order valence-corrected chi connectivity index (χ0v) is 24.3. The van der Waals surface area contributed by atoms with Crippen LogP contribution in [0.25, 0.3) is 42.6 Å². The van der Waals surface area contributed by atoms with E-state index in [1.165, 1.54) is 48.1 Å². The summed E-state index contributed by atoms with van der Waals surface area (Å²) < 4.78 is 11.1. The Hall–Kier alpha value is -3.88. The molecule has 6 aromatic carbocycles. The number of fused-ring (bicyclic) bond motifs is 7. The summed E-state index contributed by atoms with van der Waals surface area (Å²) >= 11 is 0. The molecule has 1 heterocycles. The fourth-order valence-corrected chi connectivity index (χ4v) is 10.3. The van der Waals surface area contributed by atoms with Gasteiger partial charge in [0.2, 0.25) is 0 Å². The van der Waals surface area contributed by atoms with E-state index in [9.17, 15) is 0 Å². The van der Waals surface area contributed by atoms with Gasteiger partial charge in [0, 0.05) is 27.6 Å². The Morgan fingerprint density at radius 3 is 1.65 bits per heavy atom. The van der Waals surface area contributed by atoms with E-state index >= 15 is 0 Å². The smallest absolute Gasteiger partial charge is 0.181 e. The van der Waals surface area contributed by atoms with E-state index in [-0.39, 0.29) is 12.1 Å². The second-order valence-electron chi connectivity index (χ2n) is 10.3. The van der Waals surface area contributed by atoms with Crippen LogP contribution < -0.4 is 4.67 Å². The molecule has 4 heteroatoms. The van der Waals surface area contributed by atoms with Gasteiger partial charge >= 0.3 is 0 Å². The van der Waals surface area contributed by atoms with E-state index in [1.807, 2.05) is 10.9 Å². The monoisotopic (exact) mass is 555 g/mol. The van der Waals surface area contributed by atoms with Gasteiger partial charge in [-0.05, 0) is 58.7 Å². The van der Waals surface area contributed by atoms with E-state index in [0.717, 1.165) is 5.58 Å². The molecule has 196 valence electrons. The molecule has 40 heavy (non-hydrogen) atoms. The summed E-state index contributed by atoms with van der Waals surface area (Å²) in [6, 6.07) is 48.3. The average Bonchev–Trinajstić information content (AvgIpc) is 3.19. The van der Waals surface area contributed by atoms with Gasteiger partial charge in [0.15, 0.2) is 7.10 Å². The SMILES string of the molecule is CC(c1ccccc1)N([C@@H](C)c1ccccc1)p1oc2ccc3ccccc3c2c2c(ccc3ccccc32)s1. The van der Waals surface area contributed by atoms with Crippen LogP contribution in [0.15, 0.2) is 138 Å². The molecule has 7 aromatic rings. The van der Waals surface area contributed by atoms with Crippen LogP contribution in [0.5, 0.6) is 0 Å². The number of nitrogens with zero attached hydrogens (tertiary/aromatic N) is 1. The molecule has 0 spiro atoms. The molecule has 0 saturated carbocycles. The van der Waals surface area contributed by atoms with E-state index in [1.54, 1.807) is 0 Å². The van der Waals surface area contributed by atoms with Crippen LogP contribution in [0.2, 0.25) is 0 Å². The Morgan fingerprint density at radius 1 is 0.550 bits per heavy atom. The number of hydrogen-bond donors (Lipinski definition) is 0. The van der Waals surface area contributed by atoms with Crippen molar-refractivity contribution in [1.29, 1.82) is 0 Å². The second kappa shape index (κ2) is 10.6. The molecule has 1 aromatic heterocycles. The third-order valence-corrected chi connectivity index (χ3v) is 11.9. The molecule has 0 aliphatic carbocycles. The lowest BCUT2D eigenvalue weighted by Crippen LogP contribution is -2.26. The quantitative estimate of drug-likeness (QED) is 0.210. The third kappa shape index (κ3) is 4.41. The summed E-state index contributed by atoms with van der Waals surface area (Å²) in [5.74, 6) is 0. The van der Waals surface area contributed by atoms with Crippen molar-refractivity contribution in [3.8, 4) is 0 Å². The maximum absolute atomic E-state index is 7.20. The minimum atomic E-state index is -1.12. The predicted molar refractivity (Wildman–Crippen MR) is 175 cm³/mol. The second-order valence-corrected chi connectivity index (χ2v) is 13.5. The van der Waals surface area contributed by atoms with Gasteiger partial charge in [0.25, 0.3) is 0 Å². The van der Waals surface area contributed by atoms with Crippen molar-refractivity contribution in [2.45, 2.75) is 25.9 Å². The lowest BCUT2D eigenvalue weighted by molar-refractivity contribution is 0.606. The largest absolute Gasteiger partial charge is 0.426 e. The molecular weight excluding hydrogens is 525 g/mol. The lowest BCUT2D eigenvalue weighted by atomic mass is 9.99. The first-order valence-corrected chi connectivity index (χ1v) is 16.4. The van der Waals surface area contributed by atoms with Gasteiger partial charge in [0.1, 0.15) is 5.58 Å². The maximum atomic E-state index is 7.20. The molecule has 0 aliphatic rings. The van der Waals surface area contributed by atoms with E-state index in [2.05, 4.69) is 152 Å². The number of benzene rings is 6. The van der Waals surface area contributed by atoms with Gasteiger partial charge in [-0.1, -0.05) is 132 Å². The van der Waals surface area contributed by atoms with Crippen LogP contribution in [0, 0.1) is 0 Å². The normalized spacial score (nSPS) is 13.7. The molecule has 2 nitrogen and oxygen atoms in total. The molecular formula is C36H30NOPS. The first-order chi connectivity index (χ1) is 19.7. The highest BCUT2D eigenvalue weighted by atomic mass is 32.5. The molecule has 7 rings (SSSR count). The summed E-state index contributed by atoms with van der Waals surface area (Å²) in [5, 5.41) is 7.45. The molecule has 0 aliphatic heterocycles. The minimum Gasteiger partial charge on any atom is -0.426 e. The maximum Gasteiger partial charge on any atom is 0.181 e. The molecule has 0 radical (unpaired) electrons. The molecule has 0 amide bonds. The third-order valence-electron chi connectivity index (χ3n) is 7.93. The van der Waals surface area contributed by atoms with Gasteiger partial charge in [0.05, 0.1) is 0 Å². The van der Waals surface area contributed by atoms with Crippen LogP contribution in [0.3, 0.4) is 0 Å². The van der Waals surface area contributed by atoms with Crippen LogP contribution >= 0.6 is 18.0 Å². The lowest BCUT2D eigenvalue weighted by Gasteiger charge is -2.33. The fraction of sp³-hybridized carbons (Fsp3) is 0.111. The number of hydrogen-bond acceptors (Lipinski definition) is 3. The Bertz CT molecular complexity index is 1860. The molecule has 0 N–H and O–H groups in total. The fourth-order valence-electron chi connectivity index (χ4n) is 5.84. The topological polar surface area (TPSA) is 16.4 Å². The minimum absolute atomic E-state index is 0.154. The Morgan fingerprint density at radius 2 is 1.05 bits per heavy atom. The summed E-state index contributed by atoms with van der Waals surface area (Å²) in [6.07, 6.45) is 0. The van der Waals surface area contributed by atoms with Gasteiger partial charge in [-0.3, -0.25) is 0 Å². The van der Waals surface area contributed by atoms with Crippen molar-refractivity contribution in [2.75, 3.05) is 4.67 Å². The highest BCUT2D eigenvalue weighted by Crippen LogP contribution is 2.51. The zero-order valence-electron chi connectivity index (χ0n) is 22.6. The van der Waals surface area contributed by atoms with Gasteiger partial charge in [-0.2, -0.15) is 0 Å². The number of rotatable bonds is 5. The van der Waals surface area contributed by atoms with Crippen LogP contribution in [-0.4, -0.2) is 0 Å². The molecule has 0 fully saturated rings. The zero-order chi connectivity index (χ0) is 27.1. The summed E-state index contributed by atoms with van der Waals surface area (Å²) in [5.41, 5.74) is 3.54. The Kier molecular flexibility index (Phi) is 6.65.